The molecule has 1 aromatic rings. The van der Waals surface area contributed by atoms with Gasteiger partial charge in [-0.15, -0.1) is 0 Å². The highest BCUT2D eigenvalue weighted by Gasteiger charge is 2.11. The standard InChI is InChI=1S/C13H23N3/c1-10(2)7-11(3)16(4)13-6-5-12(8-14)15-9-13/h5-6,9-11H,7-8,14H2,1-4H3. The van der Waals surface area contributed by atoms with Crippen molar-refractivity contribution in [3.05, 3.63) is 24.0 Å². The van der Waals surface area contributed by atoms with Crippen LogP contribution >= 0.6 is 0 Å². The molecular weight excluding hydrogens is 198 g/mol. The first-order chi connectivity index (χ1) is 7.54. The molecule has 0 spiro atoms. The number of nitrogens with two attached hydrogens (primary N) is 1. The van der Waals surface area contributed by atoms with Crippen molar-refractivity contribution in [1.29, 1.82) is 0 Å². The van der Waals surface area contributed by atoms with E-state index in [1.165, 1.54) is 6.42 Å². The quantitative estimate of drug-likeness (QED) is 0.830. The summed E-state index contributed by atoms with van der Waals surface area (Å²) in [5.74, 6) is 0.716. The Kier molecular flexibility index (Phi) is 4.74. The van der Waals surface area contributed by atoms with Crippen LogP contribution in [0, 0.1) is 5.92 Å². The number of anilines is 1. The van der Waals surface area contributed by atoms with Gasteiger partial charge in [0.15, 0.2) is 0 Å². The van der Waals surface area contributed by atoms with Crippen LogP contribution in [0.2, 0.25) is 0 Å². The van der Waals surface area contributed by atoms with Gasteiger partial charge < -0.3 is 10.6 Å². The molecule has 0 bridgehead atoms. The first-order valence-corrected chi connectivity index (χ1v) is 5.92. The summed E-state index contributed by atoms with van der Waals surface area (Å²) in [5.41, 5.74) is 7.62. The molecule has 16 heavy (non-hydrogen) atoms. The highest BCUT2D eigenvalue weighted by molar-refractivity contribution is 5.44. The van der Waals surface area contributed by atoms with E-state index in [4.69, 9.17) is 5.73 Å². The maximum absolute atomic E-state index is 5.53. The van der Waals surface area contributed by atoms with Gasteiger partial charge in [-0.25, -0.2) is 0 Å². The molecule has 0 aliphatic carbocycles. The van der Waals surface area contributed by atoms with Gasteiger partial charge in [-0.2, -0.15) is 0 Å². The van der Waals surface area contributed by atoms with Crippen LogP contribution in [0.1, 0.15) is 32.9 Å². The summed E-state index contributed by atoms with van der Waals surface area (Å²) in [6.45, 7) is 7.25. The lowest BCUT2D eigenvalue weighted by Crippen LogP contribution is -2.30. The van der Waals surface area contributed by atoms with E-state index >= 15 is 0 Å². The molecule has 0 saturated carbocycles. The molecule has 0 aliphatic heterocycles. The Labute approximate surface area is 98.7 Å². The number of aromatic nitrogens is 1. The van der Waals surface area contributed by atoms with Crippen LogP contribution in [0.15, 0.2) is 18.3 Å². The van der Waals surface area contributed by atoms with Crippen molar-refractivity contribution < 1.29 is 0 Å². The average molecular weight is 221 g/mol. The second kappa shape index (κ2) is 5.85. The topological polar surface area (TPSA) is 42.1 Å². The van der Waals surface area contributed by atoms with Crippen molar-refractivity contribution in [2.45, 2.75) is 39.8 Å². The fourth-order valence-corrected chi connectivity index (χ4v) is 1.84. The van der Waals surface area contributed by atoms with Crippen molar-refractivity contribution in [2.75, 3.05) is 11.9 Å². The van der Waals surface area contributed by atoms with E-state index < -0.39 is 0 Å². The minimum atomic E-state index is 0.505. The highest BCUT2D eigenvalue weighted by Crippen LogP contribution is 2.18. The van der Waals surface area contributed by atoms with Crippen LogP contribution in [0.25, 0.3) is 0 Å². The van der Waals surface area contributed by atoms with Gasteiger partial charge in [-0.05, 0) is 31.4 Å². The highest BCUT2D eigenvalue weighted by atomic mass is 15.1. The number of rotatable bonds is 5. The predicted octanol–water partition coefficient (Wildman–Crippen LogP) is 2.41. The van der Waals surface area contributed by atoms with Crippen LogP contribution in [0.4, 0.5) is 5.69 Å². The molecule has 0 aliphatic rings. The number of hydrogen-bond donors (Lipinski definition) is 1. The third-order valence-electron chi connectivity index (χ3n) is 2.90. The van der Waals surface area contributed by atoms with Crippen LogP contribution in [0.3, 0.4) is 0 Å². The van der Waals surface area contributed by atoms with Crippen molar-refractivity contribution in [1.82, 2.24) is 4.98 Å². The van der Waals surface area contributed by atoms with E-state index in [0.29, 0.717) is 18.5 Å². The average Bonchev–Trinajstić information content (AvgIpc) is 2.27. The summed E-state index contributed by atoms with van der Waals surface area (Å²) >= 11 is 0. The van der Waals surface area contributed by atoms with Crippen LogP contribution in [0.5, 0.6) is 0 Å². The molecule has 2 N–H and O–H groups in total. The van der Waals surface area contributed by atoms with Crippen LogP contribution in [-0.4, -0.2) is 18.1 Å². The smallest absolute Gasteiger partial charge is 0.0552 e. The Hall–Kier alpha value is -1.09. The van der Waals surface area contributed by atoms with Crippen molar-refractivity contribution in [2.24, 2.45) is 11.7 Å². The van der Waals surface area contributed by atoms with Gasteiger partial charge >= 0.3 is 0 Å². The monoisotopic (exact) mass is 221 g/mol. The zero-order chi connectivity index (χ0) is 12.1. The zero-order valence-corrected chi connectivity index (χ0v) is 10.8. The molecule has 3 heteroatoms. The molecule has 1 unspecified atom stereocenters. The van der Waals surface area contributed by atoms with Gasteiger partial charge in [-0.3, -0.25) is 4.98 Å². The molecule has 0 radical (unpaired) electrons. The van der Waals surface area contributed by atoms with Crippen molar-refractivity contribution in [3.63, 3.8) is 0 Å². The summed E-state index contributed by atoms with van der Waals surface area (Å²) in [6.07, 6.45) is 3.09. The summed E-state index contributed by atoms with van der Waals surface area (Å²) in [4.78, 5) is 6.58. The molecule has 90 valence electrons. The maximum atomic E-state index is 5.53. The molecule has 1 aromatic heterocycles. The normalized spacial score (nSPS) is 12.9. The molecule has 0 saturated heterocycles. The summed E-state index contributed by atoms with van der Waals surface area (Å²) in [7, 11) is 2.12. The Morgan fingerprint density at radius 2 is 2.00 bits per heavy atom. The molecule has 1 rings (SSSR count). The minimum Gasteiger partial charge on any atom is -0.371 e. The van der Waals surface area contributed by atoms with Gasteiger partial charge in [0.2, 0.25) is 0 Å². The molecule has 0 fully saturated rings. The SMILES string of the molecule is CC(C)CC(C)N(C)c1ccc(CN)nc1. The molecule has 1 heterocycles. The number of pyridine rings is 1. The fraction of sp³-hybridized carbons (Fsp3) is 0.615. The Bertz CT molecular complexity index is 305. The second-order valence-electron chi connectivity index (χ2n) is 4.80. The molecule has 0 amide bonds. The van der Waals surface area contributed by atoms with Crippen molar-refractivity contribution >= 4 is 5.69 Å². The van der Waals surface area contributed by atoms with Gasteiger partial charge in [0.25, 0.3) is 0 Å². The lowest BCUT2D eigenvalue weighted by atomic mass is 10.0. The zero-order valence-electron chi connectivity index (χ0n) is 10.8. The first-order valence-electron chi connectivity index (χ1n) is 5.92. The van der Waals surface area contributed by atoms with E-state index in [-0.39, 0.29) is 0 Å². The minimum absolute atomic E-state index is 0.505. The van der Waals surface area contributed by atoms with Gasteiger partial charge in [0.1, 0.15) is 0 Å². The van der Waals surface area contributed by atoms with Gasteiger partial charge in [-0.1, -0.05) is 13.8 Å². The van der Waals surface area contributed by atoms with Crippen LogP contribution < -0.4 is 10.6 Å². The third-order valence-corrected chi connectivity index (χ3v) is 2.90. The molecule has 0 aromatic carbocycles. The Balaban J connectivity index is 2.67. The first kappa shape index (κ1) is 13.0. The summed E-state index contributed by atoms with van der Waals surface area (Å²) < 4.78 is 0. The van der Waals surface area contributed by atoms with Crippen LogP contribution in [-0.2, 0) is 6.54 Å². The van der Waals surface area contributed by atoms with Gasteiger partial charge in [0.05, 0.1) is 17.6 Å². The fourth-order valence-electron chi connectivity index (χ4n) is 1.84. The van der Waals surface area contributed by atoms with E-state index in [1.54, 1.807) is 0 Å². The van der Waals surface area contributed by atoms with E-state index in [0.717, 1.165) is 11.4 Å². The van der Waals surface area contributed by atoms with E-state index in [2.05, 4.69) is 43.8 Å². The molecule has 3 nitrogen and oxygen atoms in total. The maximum Gasteiger partial charge on any atom is 0.0552 e. The lowest BCUT2D eigenvalue weighted by molar-refractivity contribution is 0.504. The lowest BCUT2D eigenvalue weighted by Gasteiger charge is -2.28. The predicted molar refractivity (Wildman–Crippen MR) is 69.4 cm³/mol. The van der Waals surface area contributed by atoms with E-state index in [1.807, 2.05) is 12.3 Å². The summed E-state index contributed by atoms with van der Waals surface area (Å²) in [5, 5.41) is 0. The largest absolute Gasteiger partial charge is 0.371 e. The van der Waals surface area contributed by atoms with Gasteiger partial charge in [0, 0.05) is 19.6 Å². The second-order valence-corrected chi connectivity index (χ2v) is 4.80. The van der Waals surface area contributed by atoms with E-state index in [9.17, 15) is 0 Å². The Morgan fingerprint density at radius 3 is 2.44 bits per heavy atom. The molecule has 1 atom stereocenters. The summed E-state index contributed by atoms with van der Waals surface area (Å²) in [6, 6.07) is 4.62. The third kappa shape index (κ3) is 3.49. The number of hydrogen-bond acceptors (Lipinski definition) is 3. The Morgan fingerprint density at radius 1 is 1.31 bits per heavy atom. The molecular formula is C13H23N3. The number of nitrogens with zero attached hydrogens (tertiary/aromatic N) is 2. The van der Waals surface area contributed by atoms with Crippen molar-refractivity contribution in [3.8, 4) is 0 Å².